The van der Waals surface area contributed by atoms with Crippen molar-refractivity contribution in [1.82, 2.24) is 10.2 Å². The van der Waals surface area contributed by atoms with Gasteiger partial charge >= 0.3 is 0 Å². The number of nitro groups is 1. The predicted octanol–water partition coefficient (Wildman–Crippen LogP) is 2.96. The molecule has 2 aromatic rings. The highest BCUT2D eigenvalue weighted by Crippen LogP contribution is 2.25. The largest absolute Gasteiger partial charge is 0.296 e. The van der Waals surface area contributed by atoms with Crippen LogP contribution in [0.2, 0.25) is 0 Å². The van der Waals surface area contributed by atoms with Crippen molar-refractivity contribution in [3.05, 3.63) is 44.4 Å². The first kappa shape index (κ1) is 15.0. The monoisotopic (exact) mass is 306 g/mol. The Morgan fingerprint density at radius 1 is 1.43 bits per heavy atom. The zero-order valence-corrected chi connectivity index (χ0v) is 12.4. The molecule has 0 saturated heterocycles. The minimum absolute atomic E-state index is 0.0206. The predicted molar refractivity (Wildman–Crippen MR) is 79.7 cm³/mol. The quantitative estimate of drug-likeness (QED) is 0.676. The Bertz CT molecular complexity index is 684. The summed E-state index contributed by atoms with van der Waals surface area (Å²) in [7, 11) is 0. The van der Waals surface area contributed by atoms with E-state index >= 15 is 0 Å². The Morgan fingerprint density at radius 2 is 2.19 bits per heavy atom. The van der Waals surface area contributed by atoms with Crippen LogP contribution in [-0.2, 0) is 6.42 Å². The number of aromatic nitrogens is 2. The molecule has 0 aliphatic heterocycles. The van der Waals surface area contributed by atoms with Crippen molar-refractivity contribution in [2.24, 2.45) is 0 Å². The van der Waals surface area contributed by atoms with Gasteiger partial charge in [-0.1, -0.05) is 30.4 Å². The van der Waals surface area contributed by atoms with Gasteiger partial charge in [0.05, 0.1) is 4.92 Å². The number of nitrogens with one attached hydrogen (secondary N) is 1. The van der Waals surface area contributed by atoms with Gasteiger partial charge in [0.2, 0.25) is 5.13 Å². The lowest BCUT2D eigenvalue weighted by molar-refractivity contribution is -0.385. The molecule has 21 heavy (non-hydrogen) atoms. The number of amides is 1. The van der Waals surface area contributed by atoms with Gasteiger partial charge in [-0.05, 0) is 19.4 Å². The minimum atomic E-state index is -0.551. The first-order valence-corrected chi connectivity index (χ1v) is 7.22. The first-order chi connectivity index (χ1) is 10.0. The van der Waals surface area contributed by atoms with Crippen LogP contribution in [0.5, 0.6) is 0 Å². The van der Waals surface area contributed by atoms with Crippen LogP contribution >= 0.6 is 11.3 Å². The Hall–Kier alpha value is -2.35. The van der Waals surface area contributed by atoms with Crippen molar-refractivity contribution in [2.45, 2.75) is 26.7 Å². The van der Waals surface area contributed by atoms with Crippen molar-refractivity contribution < 1.29 is 9.72 Å². The molecule has 1 aromatic heterocycles. The molecule has 0 aliphatic rings. The topological polar surface area (TPSA) is 98.0 Å². The lowest BCUT2D eigenvalue weighted by atomic mass is 10.1. The Morgan fingerprint density at radius 3 is 2.86 bits per heavy atom. The molecule has 1 N–H and O–H groups in total. The second-order valence-corrected chi connectivity index (χ2v) is 5.50. The van der Waals surface area contributed by atoms with E-state index < -0.39 is 10.8 Å². The van der Waals surface area contributed by atoms with Gasteiger partial charge in [0, 0.05) is 12.0 Å². The van der Waals surface area contributed by atoms with Crippen LogP contribution in [0.1, 0.15) is 34.3 Å². The molecule has 0 atom stereocenters. The SMILES string of the molecule is CCCc1nnc(NC(=O)c2cccc(C)c2[N+](=O)[O-])s1. The lowest BCUT2D eigenvalue weighted by Crippen LogP contribution is -2.14. The summed E-state index contributed by atoms with van der Waals surface area (Å²) in [6.45, 7) is 3.62. The number of rotatable bonds is 5. The van der Waals surface area contributed by atoms with Crippen LogP contribution in [0.3, 0.4) is 0 Å². The molecular weight excluding hydrogens is 292 g/mol. The number of hydrogen-bond donors (Lipinski definition) is 1. The molecular formula is C13H14N4O3S. The van der Waals surface area contributed by atoms with E-state index in [1.165, 1.54) is 17.4 Å². The van der Waals surface area contributed by atoms with E-state index in [4.69, 9.17) is 0 Å². The molecule has 8 heteroatoms. The molecule has 1 heterocycles. The van der Waals surface area contributed by atoms with Gasteiger partial charge in [-0.3, -0.25) is 20.2 Å². The third-order valence-corrected chi connectivity index (χ3v) is 3.71. The van der Waals surface area contributed by atoms with Crippen molar-refractivity contribution in [3.63, 3.8) is 0 Å². The van der Waals surface area contributed by atoms with Gasteiger partial charge < -0.3 is 0 Å². The Labute approximate surface area is 125 Å². The van der Waals surface area contributed by atoms with Crippen LogP contribution < -0.4 is 5.32 Å². The van der Waals surface area contributed by atoms with Crippen molar-refractivity contribution >= 4 is 28.1 Å². The average Bonchev–Trinajstić information content (AvgIpc) is 2.85. The normalized spacial score (nSPS) is 10.4. The minimum Gasteiger partial charge on any atom is -0.296 e. The number of benzene rings is 1. The van der Waals surface area contributed by atoms with Crippen LogP contribution in [-0.4, -0.2) is 21.0 Å². The van der Waals surface area contributed by atoms with E-state index in [1.54, 1.807) is 19.1 Å². The first-order valence-electron chi connectivity index (χ1n) is 6.40. The summed E-state index contributed by atoms with van der Waals surface area (Å²) in [5.41, 5.74) is 0.275. The molecule has 0 fully saturated rings. The molecule has 0 spiro atoms. The molecule has 0 saturated carbocycles. The van der Waals surface area contributed by atoms with Gasteiger partial charge in [0.15, 0.2) is 0 Å². The van der Waals surface area contributed by atoms with E-state index in [9.17, 15) is 14.9 Å². The van der Waals surface area contributed by atoms with Gasteiger partial charge in [-0.2, -0.15) is 0 Å². The zero-order valence-electron chi connectivity index (χ0n) is 11.6. The molecule has 0 bridgehead atoms. The second-order valence-electron chi connectivity index (χ2n) is 4.43. The number of aryl methyl sites for hydroxylation is 2. The summed E-state index contributed by atoms with van der Waals surface area (Å²) in [5.74, 6) is -0.551. The summed E-state index contributed by atoms with van der Waals surface area (Å²) >= 11 is 1.27. The summed E-state index contributed by atoms with van der Waals surface area (Å²) in [6.07, 6.45) is 1.73. The zero-order chi connectivity index (χ0) is 15.4. The fourth-order valence-corrected chi connectivity index (χ4v) is 2.70. The molecule has 0 aliphatic carbocycles. The van der Waals surface area contributed by atoms with Crippen LogP contribution in [0, 0.1) is 17.0 Å². The lowest BCUT2D eigenvalue weighted by Gasteiger charge is -2.04. The molecule has 0 unspecified atom stereocenters. The standard InChI is InChI=1S/C13H14N4O3S/c1-3-5-10-15-16-13(21-10)14-12(18)9-7-4-6-8(2)11(9)17(19)20/h4,6-7H,3,5H2,1-2H3,(H,14,16,18). The van der Waals surface area contributed by atoms with Crippen LogP contribution in [0.15, 0.2) is 18.2 Å². The van der Waals surface area contributed by atoms with Crippen molar-refractivity contribution in [3.8, 4) is 0 Å². The summed E-state index contributed by atoms with van der Waals surface area (Å²) in [4.78, 5) is 22.7. The van der Waals surface area contributed by atoms with Crippen LogP contribution in [0.4, 0.5) is 10.8 Å². The molecule has 7 nitrogen and oxygen atoms in total. The summed E-state index contributed by atoms with van der Waals surface area (Å²) in [5, 5.41) is 22.6. The average molecular weight is 306 g/mol. The summed E-state index contributed by atoms with van der Waals surface area (Å²) in [6, 6.07) is 4.63. The van der Waals surface area contributed by atoms with E-state index in [0.29, 0.717) is 10.7 Å². The number of para-hydroxylation sites is 1. The number of carbonyl (C=O) groups is 1. The fourth-order valence-electron chi connectivity index (χ4n) is 1.87. The Kier molecular flexibility index (Phi) is 4.59. The Balaban J connectivity index is 2.24. The van der Waals surface area contributed by atoms with Gasteiger partial charge in [-0.25, -0.2) is 0 Å². The maximum Gasteiger partial charge on any atom is 0.285 e. The highest BCUT2D eigenvalue weighted by atomic mass is 32.1. The van der Waals surface area contributed by atoms with Gasteiger partial charge in [0.1, 0.15) is 10.6 Å². The molecule has 0 radical (unpaired) electrons. The van der Waals surface area contributed by atoms with Crippen molar-refractivity contribution in [2.75, 3.05) is 5.32 Å². The highest BCUT2D eigenvalue weighted by Gasteiger charge is 2.23. The second kappa shape index (κ2) is 6.40. The number of nitro benzene ring substituents is 1. The number of nitrogens with zero attached hydrogens (tertiary/aromatic N) is 3. The van der Waals surface area contributed by atoms with E-state index in [-0.39, 0.29) is 11.3 Å². The van der Waals surface area contributed by atoms with Gasteiger partial charge in [-0.15, -0.1) is 10.2 Å². The van der Waals surface area contributed by atoms with E-state index in [0.717, 1.165) is 17.8 Å². The van der Waals surface area contributed by atoms with E-state index in [2.05, 4.69) is 15.5 Å². The number of hydrogen-bond acceptors (Lipinski definition) is 6. The third-order valence-electron chi connectivity index (χ3n) is 2.82. The molecule has 1 amide bonds. The molecule has 1 aromatic carbocycles. The third kappa shape index (κ3) is 3.40. The highest BCUT2D eigenvalue weighted by molar-refractivity contribution is 7.15. The van der Waals surface area contributed by atoms with E-state index in [1.807, 2.05) is 6.92 Å². The summed E-state index contributed by atoms with van der Waals surface area (Å²) < 4.78 is 0. The smallest absolute Gasteiger partial charge is 0.285 e. The molecule has 2 rings (SSSR count). The maximum atomic E-state index is 12.2. The fraction of sp³-hybridized carbons (Fsp3) is 0.308. The van der Waals surface area contributed by atoms with Crippen LogP contribution in [0.25, 0.3) is 0 Å². The number of carbonyl (C=O) groups excluding carboxylic acids is 1. The van der Waals surface area contributed by atoms with Gasteiger partial charge in [0.25, 0.3) is 11.6 Å². The maximum absolute atomic E-state index is 12.2. The number of anilines is 1. The van der Waals surface area contributed by atoms with Crippen molar-refractivity contribution in [1.29, 1.82) is 0 Å². The molecule has 110 valence electrons.